The second kappa shape index (κ2) is 8.77. The molecule has 164 valence electrons. The van der Waals surface area contributed by atoms with Crippen LogP contribution in [0.1, 0.15) is 81.8 Å². The van der Waals surface area contributed by atoms with Gasteiger partial charge in [0, 0.05) is 11.4 Å². The average molecular weight is 421 g/mol. The Bertz CT molecular complexity index is 1000. The topological polar surface area (TPSA) is 69.0 Å². The Balaban J connectivity index is 1.46. The van der Waals surface area contributed by atoms with Crippen LogP contribution in [0.2, 0.25) is 0 Å². The second-order valence-electron chi connectivity index (χ2n) is 8.71. The fourth-order valence-corrected chi connectivity index (χ4v) is 4.59. The quantitative estimate of drug-likeness (QED) is 0.392. The van der Waals surface area contributed by atoms with Gasteiger partial charge in [0.15, 0.2) is 0 Å². The van der Waals surface area contributed by atoms with Crippen LogP contribution in [0.3, 0.4) is 0 Å². The van der Waals surface area contributed by atoms with Crippen molar-refractivity contribution in [3.8, 4) is 0 Å². The van der Waals surface area contributed by atoms with Gasteiger partial charge in [0.05, 0.1) is 11.4 Å². The third-order valence-electron chi connectivity index (χ3n) is 6.93. The number of rotatable bonds is 4. The maximum absolute atomic E-state index is 5.48. The number of hydrogen-bond acceptors (Lipinski definition) is 6. The molecule has 0 amide bonds. The molecular formula is C25H32N4O2. The Kier molecular flexibility index (Phi) is 6.08. The van der Waals surface area contributed by atoms with Crippen LogP contribution in [0.4, 0.5) is 0 Å². The number of fused-ring (bicyclic) bond motifs is 2. The van der Waals surface area contributed by atoms with E-state index in [9.17, 15) is 0 Å². The van der Waals surface area contributed by atoms with Gasteiger partial charge in [0.2, 0.25) is 0 Å². The number of aryl methyl sites for hydroxylation is 2. The second-order valence-corrected chi connectivity index (χ2v) is 8.71. The summed E-state index contributed by atoms with van der Waals surface area (Å²) in [6.45, 7) is 12.7. The van der Waals surface area contributed by atoms with Gasteiger partial charge >= 0.3 is 0 Å². The fourth-order valence-electron chi connectivity index (χ4n) is 4.59. The molecule has 0 spiro atoms. The van der Waals surface area contributed by atoms with Crippen molar-refractivity contribution >= 4 is 11.4 Å². The molecule has 0 radical (unpaired) electrons. The predicted octanol–water partition coefficient (Wildman–Crippen LogP) is 5.10. The van der Waals surface area contributed by atoms with Gasteiger partial charge in [-0.2, -0.15) is 0 Å². The van der Waals surface area contributed by atoms with Crippen LogP contribution < -0.4 is 0 Å². The molecule has 0 unspecified atom stereocenters. The van der Waals surface area contributed by atoms with Gasteiger partial charge in [-0.1, -0.05) is 10.3 Å². The fraction of sp³-hybridized carbons (Fsp3) is 0.520. The summed E-state index contributed by atoms with van der Waals surface area (Å²) >= 11 is 0. The van der Waals surface area contributed by atoms with E-state index in [1.165, 1.54) is 33.4 Å². The molecule has 0 saturated carbocycles. The molecule has 2 aromatic heterocycles. The Labute approximate surface area is 184 Å². The largest absolute Gasteiger partial charge is 0.351 e. The molecule has 31 heavy (non-hydrogen) atoms. The monoisotopic (exact) mass is 420 g/mol. The first kappa shape index (κ1) is 21.5. The van der Waals surface area contributed by atoms with Crippen LogP contribution in [-0.2, 0) is 22.5 Å². The van der Waals surface area contributed by atoms with Gasteiger partial charge < -0.3 is 9.68 Å². The standard InChI is InChI=1S/C25H32N4O2/c1-14-16(3)20-9-7-11-22(24(20)26-18(14)5)28-30-13-31-29-23-12-8-10-21-17(4)15(2)19(6)27-25(21)23/h7-13H2,1-6H3/b28-22-,29-23+. The molecule has 0 bridgehead atoms. The number of oxime groups is 2. The summed E-state index contributed by atoms with van der Waals surface area (Å²) in [7, 11) is 0. The lowest BCUT2D eigenvalue weighted by Gasteiger charge is -2.21. The molecule has 6 nitrogen and oxygen atoms in total. The van der Waals surface area contributed by atoms with Crippen molar-refractivity contribution in [1.29, 1.82) is 0 Å². The molecule has 0 aromatic carbocycles. The minimum absolute atomic E-state index is 0.0225. The first-order valence-electron chi connectivity index (χ1n) is 11.2. The van der Waals surface area contributed by atoms with Crippen molar-refractivity contribution in [2.45, 2.75) is 80.1 Å². The number of pyridine rings is 2. The molecule has 0 aliphatic heterocycles. The zero-order valence-corrected chi connectivity index (χ0v) is 19.6. The summed E-state index contributed by atoms with van der Waals surface area (Å²) < 4.78 is 0. The molecule has 2 heterocycles. The lowest BCUT2D eigenvalue weighted by atomic mass is 9.89. The van der Waals surface area contributed by atoms with Gasteiger partial charge in [-0.15, -0.1) is 0 Å². The van der Waals surface area contributed by atoms with Crippen LogP contribution in [-0.4, -0.2) is 28.2 Å². The Hall–Kier alpha value is -2.76. The lowest BCUT2D eigenvalue weighted by molar-refractivity contribution is -0.0509. The van der Waals surface area contributed by atoms with Crippen molar-refractivity contribution < 1.29 is 9.68 Å². The van der Waals surface area contributed by atoms with E-state index < -0.39 is 0 Å². The Morgan fingerprint density at radius 3 is 1.45 bits per heavy atom. The van der Waals surface area contributed by atoms with E-state index in [4.69, 9.17) is 19.6 Å². The van der Waals surface area contributed by atoms with Crippen molar-refractivity contribution in [3.63, 3.8) is 0 Å². The third kappa shape index (κ3) is 4.08. The maximum atomic E-state index is 5.48. The van der Waals surface area contributed by atoms with Gasteiger partial charge in [-0.25, -0.2) is 0 Å². The van der Waals surface area contributed by atoms with Gasteiger partial charge in [-0.3, -0.25) is 9.97 Å². The summed E-state index contributed by atoms with van der Waals surface area (Å²) in [6.07, 6.45) is 5.94. The molecule has 6 heteroatoms. The zero-order valence-electron chi connectivity index (χ0n) is 19.6. The Morgan fingerprint density at radius 2 is 1.03 bits per heavy atom. The summed E-state index contributed by atoms with van der Waals surface area (Å²) in [5.74, 6) is 0. The first-order valence-corrected chi connectivity index (χ1v) is 11.2. The highest BCUT2D eigenvalue weighted by atomic mass is 16.8. The smallest absolute Gasteiger partial charge is 0.280 e. The van der Waals surface area contributed by atoms with E-state index in [1.54, 1.807) is 0 Å². The van der Waals surface area contributed by atoms with Crippen molar-refractivity contribution in [1.82, 2.24) is 9.97 Å². The summed E-state index contributed by atoms with van der Waals surface area (Å²) in [5.41, 5.74) is 13.6. The third-order valence-corrected chi connectivity index (χ3v) is 6.93. The van der Waals surface area contributed by atoms with E-state index in [0.717, 1.165) is 72.7 Å². The van der Waals surface area contributed by atoms with Gasteiger partial charge in [-0.05, 0) is 113 Å². The molecule has 0 fully saturated rings. The predicted molar refractivity (Wildman–Crippen MR) is 123 cm³/mol. The van der Waals surface area contributed by atoms with Crippen LogP contribution in [0, 0.1) is 41.5 Å². The number of nitrogens with zero attached hydrogens (tertiary/aromatic N) is 4. The van der Waals surface area contributed by atoms with Gasteiger partial charge in [0.25, 0.3) is 6.79 Å². The van der Waals surface area contributed by atoms with E-state index in [0.29, 0.717) is 0 Å². The highest BCUT2D eigenvalue weighted by Crippen LogP contribution is 2.28. The molecule has 2 aliphatic carbocycles. The van der Waals surface area contributed by atoms with E-state index >= 15 is 0 Å². The van der Waals surface area contributed by atoms with E-state index in [1.807, 2.05) is 0 Å². The van der Waals surface area contributed by atoms with Crippen molar-refractivity contribution in [3.05, 3.63) is 56.2 Å². The molecule has 4 rings (SSSR count). The summed E-state index contributed by atoms with van der Waals surface area (Å²) in [4.78, 5) is 20.5. The minimum Gasteiger partial charge on any atom is -0.351 e. The SMILES string of the molecule is Cc1nc2c(c(C)c1C)CCC/C2=N/OCO/N=C1\CCCc2c1nc(C)c(C)c2C. The van der Waals surface area contributed by atoms with Crippen LogP contribution in [0.5, 0.6) is 0 Å². The normalized spacial score (nSPS) is 18.1. The minimum atomic E-state index is -0.0225. The molecule has 2 aliphatic rings. The number of hydrogen-bond donors (Lipinski definition) is 0. The maximum Gasteiger partial charge on any atom is 0.280 e. The summed E-state index contributed by atoms with van der Waals surface area (Å²) in [6, 6.07) is 0. The molecule has 0 atom stereocenters. The van der Waals surface area contributed by atoms with E-state index in [-0.39, 0.29) is 6.79 Å². The van der Waals surface area contributed by atoms with Crippen molar-refractivity contribution in [2.24, 2.45) is 10.3 Å². The average Bonchev–Trinajstić information content (AvgIpc) is 2.76. The van der Waals surface area contributed by atoms with Crippen LogP contribution in [0.15, 0.2) is 10.3 Å². The van der Waals surface area contributed by atoms with E-state index in [2.05, 4.69) is 51.9 Å². The van der Waals surface area contributed by atoms with Crippen LogP contribution in [0.25, 0.3) is 0 Å². The Morgan fingerprint density at radius 1 is 0.613 bits per heavy atom. The van der Waals surface area contributed by atoms with Crippen LogP contribution >= 0.6 is 0 Å². The molecular weight excluding hydrogens is 388 g/mol. The van der Waals surface area contributed by atoms with Crippen molar-refractivity contribution in [2.75, 3.05) is 6.79 Å². The molecule has 2 aromatic rings. The first-order chi connectivity index (χ1) is 14.9. The molecule has 0 N–H and O–H groups in total. The van der Waals surface area contributed by atoms with Gasteiger partial charge in [0.1, 0.15) is 11.4 Å². The molecule has 0 saturated heterocycles. The lowest BCUT2D eigenvalue weighted by Crippen LogP contribution is -2.18. The highest BCUT2D eigenvalue weighted by Gasteiger charge is 2.23. The zero-order chi connectivity index (χ0) is 22.1. The highest BCUT2D eigenvalue weighted by molar-refractivity contribution is 6.01. The summed E-state index contributed by atoms with van der Waals surface area (Å²) in [5, 5.41) is 8.69. The number of aromatic nitrogens is 2.